The summed E-state index contributed by atoms with van der Waals surface area (Å²) < 4.78 is 6.37. The van der Waals surface area contributed by atoms with Crippen LogP contribution in [0.3, 0.4) is 0 Å². The van der Waals surface area contributed by atoms with Crippen LogP contribution >= 0.6 is 0 Å². The van der Waals surface area contributed by atoms with Gasteiger partial charge in [-0.15, -0.1) is 0 Å². The standard InChI is InChI=1S/C20H27N3O/c1-4-20-21-11-10-17(22-20)12-23-13-18(15(2)3)24-19(14-23)16-8-6-5-7-9-16/h5-11,15,18-19H,4,12-14H2,1-3H3/t18-,19+/m1/s1. The van der Waals surface area contributed by atoms with Gasteiger partial charge in [0.15, 0.2) is 0 Å². The molecule has 1 aliphatic heterocycles. The lowest BCUT2D eigenvalue weighted by molar-refractivity contribution is -0.108. The van der Waals surface area contributed by atoms with Gasteiger partial charge in [0.2, 0.25) is 0 Å². The Morgan fingerprint density at radius 1 is 1.17 bits per heavy atom. The number of ether oxygens (including phenoxy) is 1. The fourth-order valence-electron chi connectivity index (χ4n) is 3.14. The predicted octanol–water partition coefficient (Wildman–Crippen LogP) is 3.64. The summed E-state index contributed by atoms with van der Waals surface area (Å²) >= 11 is 0. The topological polar surface area (TPSA) is 38.2 Å². The Hall–Kier alpha value is -1.78. The first-order valence-corrected chi connectivity index (χ1v) is 8.89. The number of morpholine rings is 1. The van der Waals surface area contributed by atoms with Crippen molar-refractivity contribution in [3.05, 3.63) is 59.7 Å². The summed E-state index contributed by atoms with van der Waals surface area (Å²) in [6.07, 6.45) is 3.12. The molecule has 4 nitrogen and oxygen atoms in total. The Bertz CT molecular complexity index is 644. The SMILES string of the molecule is CCc1nccc(CN2C[C@@H](c3ccccc3)O[C@@H](C(C)C)C2)n1. The maximum atomic E-state index is 6.37. The lowest BCUT2D eigenvalue weighted by atomic mass is 10.0. The van der Waals surface area contributed by atoms with Crippen molar-refractivity contribution < 1.29 is 4.74 Å². The monoisotopic (exact) mass is 325 g/mol. The number of nitrogens with zero attached hydrogens (tertiary/aromatic N) is 3. The second-order valence-corrected chi connectivity index (χ2v) is 6.83. The summed E-state index contributed by atoms with van der Waals surface area (Å²) in [6, 6.07) is 12.6. The van der Waals surface area contributed by atoms with Crippen LogP contribution < -0.4 is 0 Å². The van der Waals surface area contributed by atoms with Crippen LogP contribution in [-0.4, -0.2) is 34.1 Å². The Labute approximate surface area is 144 Å². The van der Waals surface area contributed by atoms with Crippen LogP contribution in [0.1, 0.15) is 44.0 Å². The van der Waals surface area contributed by atoms with E-state index in [1.807, 2.05) is 12.3 Å². The Morgan fingerprint density at radius 2 is 1.96 bits per heavy atom. The first-order valence-electron chi connectivity index (χ1n) is 8.89. The van der Waals surface area contributed by atoms with E-state index in [2.05, 4.69) is 66.0 Å². The molecule has 0 aliphatic carbocycles. The van der Waals surface area contributed by atoms with E-state index in [4.69, 9.17) is 4.74 Å². The molecule has 0 unspecified atom stereocenters. The van der Waals surface area contributed by atoms with E-state index in [9.17, 15) is 0 Å². The molecule has 0 amide bonds. The summed E-state index contributed by atoms with van der Waals surface area (Å²) in [7, 11) is 0. The van der Waals surface area contributed by atoms with Gasteiger partial charge in [-0.05, 0) is 17.5 Å². The van der Waals surface area contributed by atoms with Crippen LogP contribution in [0.4, 0.5) is 0 Å². The van der Waals surface area contributed by atoms with Gasteiger partial charge in [0.25, 0.3) is 0 Å². The third kappa shape index (κ3) is 4.19. The largest absolute Gasteiger partial charge is 0.367 e. The van der Waals surface area contributed by atoms with Crippen LogP contribution in [0.2, 0.25) is 0 Å². The summed E-state index contributed by atoms with van der Waals surface area (Å²) in [4.78, 5) is 11.4. The smallest absolute Gasteiger partial charge is 0.128 e. The minimum Gasteiger partial charge on any atom is -0.367 e. The van der Waals surface area contributed by atoms with Gasteiger partial charge >= 0.3 is 0 Å². The van der Waals surface area contributed by atoms with E-state index in [0.717, 1.165) is 37.6 Å². The van der Waals surface area contributed by atoms with Crippen molar-refractivity contribution in [3.63, 3.8) is 0 Å². The van der Waals surface area contributed by atoms with Crippen molar-refractivity contribution in [1.82, 2.24) is 14.9 Å². The average Bonchev–Trinajstić information content (AvgIpc) is 2.62. The normalized spacial score (nSPS) is 22.0. The van der Waals surface area contributed by atoms with Crippen molar-refractivity contribution in [2.75, 3.05) is 13.1 Å². The number of aromatic nitrogens is 2. The van der Waals surface area contributed by atoms with Crippen molar-refractivity contribution >= 4 is 0 Å². The molecule has 2 atom stereocenters. The zero-order valence-corrected chi connectivity index (χ0v) is 14.9. The maximum absolute atomic E-state index is 6.37. The van der Waals surface area contributed by atoms with Crippen molar-refractivity contribution in [1.29, 1.82) is 0 Å². The molecule has 0 spiro atoms. The summed E-state index contributed by atoms with van der Waals surface area (Å²) in [5.74, 6) is 1.41. The second kappa shape index (κ2) is 7.86. The van der Waals surface area contributed by atoms with E-state index in [1.54, 1.807) is 0 Å². The number of rotatable bonds is 5. The van der Waals surface area contributed by atoms with E-state index < -0.39 is 0 Å². The first-order chi connectivity index (χ1) is 11.7. The van der Waals surface area contributed by atoms with Gasteiger partial charge in [-0.2, -0.15) is 0 Å². The predicted molar refractivity (Wildman–Crippen MR) is 95.6 cm³/mol. The fraction of sp³-hybridized carbons (Fsp3) is 0.500. The molecule has 0 N–H and O–H groups in total. The van der Waals surface area contributed by atoms with Crippen molar-refractivity contribution in [2.45, 2.75) is 45.9 Å². The van der Waals surface area contributed by atoms with Gasteiger partial charge in [-0.1, -0.05) is 51.1 Å². The third-order valence-corrected chi connectivity index (χ3v) is 4.58. The van der Waals surface area contributed by atoms with Gasteiger partial charge in [0.1, 0.15) is 5.82 Å². The molecule has 2 aromatic rings. The minimum absolute atomic E-state index is 0.125. The van der Waals surface area contributed by atoms with E-state index in [0.29, 0.717) is 5.92 Å². The molecule has 0 saturated carbocycles. The van der Waals surface area contributed by atoms with Gasteiger partial charge in [-0.25, -0.2) is 9.97 Å². The minimum atomic E-state index is 0.125. The molecule has 3 rings (SSSR count). The molecule has 1 aliphatic rings. The zero-order chi connectivity index (χ0) is 16.9. The van der Waals surface area contributed by atoms with Crippen molar-refractivity contribution in [3.8, 4) is 0 Å². The van der Waals surface area contributed by atoms with Crippen molar-refractivity contribution in [2.24, 2.45) is 5.92 Å². The van der Waals surface area contributed by atoms with Crippen LogP contribution in [0.25, 0.3) is 0 Å². The molecular weight excluding hydrogens is 298 g/mol. The molecule has 1 fully saturated rings. The number of aryl methyl sites for hydroxylation is 1. The molecule has 1 aromatic carbocycles. The lowest BCUT2D eigenvalue weighted by Gasteiger charge is -2.40. The van der Waals surface area contributed by atoms with Crippen LogP contribution in [0.5, 0.6) is 0 Å². The molecule has 128 valence electrons. The molecule has 1 aromatic heterocycles. The molecule has 24 heavy (non-hydrogen) atoms. The zero-order valence-electron chi connectivity index (χ0n) is 14.9. The van der Waals surface area contributed by atoms with Crippen LogP contribution in [-0.2, 0) is 17.7 Å². The molecule has 0 bridgehead atoms. The van der Waals surface area contributed by atoms with E-state index >= 15 is 0 Å². The highest BCUT2D eigenvalue weighted by Crippen LogP contribution is 2.28. The molecular formula is C20H27N3O. The van der Waals surface area contributed by atoms with Gasteiger partial charge in [0, 0.05) is 32.3 Å². The summed E-state index contributed by atoms with van der Waals surface area (Å²) in [6.45, 7) is 9.26. The second-order valence-electron chi connectivity index (χ2n) is 6.83. The molecule has 4 heteroatoms. The third-order valence-electron chi connectivity index (χ3n) is 4.58. The first kappa shape index (κ1) is 17.1. The Morgan fingerprint density at radius 3 is 2.67 bits per heavy atom. The number of hydrogen-bond donors (Lipinski definition) is 0. The van der Waals surface area contributed by atoms with E-state index in [1.165, 1.54) is 5.56 Å². The number of hydrogen-bond acceptors (Lipinski definition) is 4. The number of benzene rings is 1. The van der Waals surface area contributed by atoms with Gasteiger partial charge < -0.3 is 4.74 Å². The van der Waals surface area contributed by atoms with Crippen LogP contribution in [0, 0.1) is 5.92 Å². The highest BCUT2D eigenvalue weighted by molar-refractivity contribution is 5.18. The Balaban J connectivity index is 1.76. The van der Waals surface area contributed by atoms with Crippen LogP contribution in [0.15, 0.2) is 42.6 Å². The highest BCUT2D eigenvalue weighted by Gasteiger charge is 2.30. The Kier molecular flexibility index (Phi) is 5.59. The summed E-state index contributed by atoms with van der Waals surface area (Å²) in [5.41, 5.74) is 2.35. The summed E-state index contributed by atoms with van der Waals surface area (Å²) in [5, 5.41) is 0. The molecule has 1 saturated heterocycles. The molecule has 2 heterocycles. The quantitative estimate of drug-likeness (QED) is 0.841. The van der Waals surface area contributed by atoms with E-state index in [-0.39, 0.29) is 12.2 Å². The fourth-order valence-corrected chi connectivity index (χ4v) is 3.14. The molecule has 0 radical (unpaired) electrons. The average molecular weight is 325 g/mol. The highest BCUT2D eigenvalue weighted by atomic mass is 16.5. The van der Waals surface area contributed by atoms with Gasteiger partial charge in [0.05, 0.1) is 17.9 Å². The maximum Gasteiger partial charge on any atom is 0.128 e. The van der Waals surface area contributed by atoms with Gasteiger partial charge in [-0.3, -0.25) is 4.90 Å². The lowest BCUT2D eigenvalue weighted by Crippen LogP contribution is -2.45.